The standard InChI is InChI=1S/C19H19FN2O2/c1-13-3-2-4-14(11-13)12-21-17(23)19(9-10-19)18(24)22-16-7-5-15(20)6-8-16/h2-8,11H,9-10,12H2,1H3,(H,21,23)(H,22,24). The number of amides is 2. The van der Waals surface area contributed by atoms with E-state index in [0.717, 1.165) is 11.1 Å². The van der Waals surface area contributed by atoms with E-state index in [9.17, 15) is 14.0 Å². The molecule has 1 aliphatic carbocycles. The van der Waals surface area contributed by atoms with Crippen LogP contribution in [0.1, 0.15) is 24.0 Å². The third-order valence-corrected chi connectivity index (χ3v) is 4.26. The van der Waals surface area contributed by atoms with E-state index in [-0.39, 0.29) is 17.6 Å². The topological polar surface area (TPSA) is 58.2 Å². The lowest BCUT2D eigenvalue weighted by Crippen LogP contribution is -2.39. The molecule has 1 aliphatic rings. The molecule has 2 amide bonds. The fourth-order valence-electron chi connectivity index (χ4n) is 2.64. The third kappa shape index (κ3) is 3.45. The number of anilines is 1. The summed E-state index contributed by atoms with van der Waals surface area (Å²) in [7, 11) is 0. The van der Waals surface area contributed by atoms with E-state index in [0.29, 0.717) is 25.1 Å². The van der Waals surface area contributed by atoms with Gasteiger partial charge >= 0.3 is 0 Å². The number of halogens is 1. The number of aryl methyl sites for hydroxylation is 1. The van der Waals surface area contributed by atoms with Gasteiger partial charge in [-0.05, 0) is 49.6 Å². The molecule has 5 heteroatoms. The summed E-state index contributed by atoms with van der Waals surface area (Å²) in [5.41, 5.74) is 1.60. The zero-order valence-corrected chi connectivity index (χ0v) is 13.4. The van der Waals surface area contributed by atoms with Crippen LogP contribution < -0.4 is 10.6 Å². The highest BCUT2D eigenvalue weighted by Gasteiger charge is 2.56. The van der Waals surface area contributed by atoms with Crippen LogP contribution in [0, 0.1) is 18.2 Å². The first-order valence-corrected chi connectivity index (χ1v) is 7.90. The van der Waals surface area contributed by atoms with E-state index in [1.165, 1.54) is 24.3 Å². The van der Waals surface area contributed by atoms with Gasteiger partial charge in [0.25, 0.3) is 0 Å². The summed E-state index contributed by atoms with van der Waals surface area (Å²) in [4.78, 5) is 24.9. The van der Waals surface area contributed by atoms with Crippen LogP contribution in [0.25, 0.3) is 0 Å². The van der Waals surface area contributed by atoms with Crippen molar-refractivity contribution in [2.24, 2.45) is 5.41 Å². The molecule has 0 unspecified atom stereocenters. The van der Waals surface area contributed by atoms with Gasteiger partial charge in [0.2, 0.25) is 11.8 Å². The molecule has 1 saturated carbocycles. The van der Waals surface area contributed by atoms with Crippen LogP contribution in [-0.2, 0) is 16.1 Å². The van der Waals surface area contributed by atoms with Crippen LogP contribution in [-0.4, -0.2) is 11.8 Å². The third-order valence-electron chi connectivity index (χ3n) is 4.26. The molecular weight excluding hydrogens is 307 g/mol. The highest BCUT2D eigenvalue weighted by Crippen LogP contribution is 2.46. The van der Waals surface area contributed by atoms with Gasteiger partial charge in [-0.1, -0.05) is 29.8 Å². The van der Waals surface area contributed by atoms with Gasteiger partial charge in [0, 0.05) is 12.2 Å². The second kappa shape index (κ2) is 6.43. The number of carbonyl (C=O) groups is 2. The first-order valence-electron chi connectivity index (χ1n) is 7.90. The zero-order chi connectivity index (χ0) is 17.2. The largest absolute Gasteiger partial charge is 0.351 e. The van der Waals surface area contributed by atoms with Gasteiger partial charge in [-0.2, -0.15) is 0 Å². The molecule has 0 heterocycles. The van der Waals surface area contributed by atoms with Crippen molar-refractivity contribution in [1.29, 1.82) is 0 Å². The Labute approximate surface area is 140 Å². The molecule has 0 aromatic heterocycles. The van der Waals surface area contributed by atoms with Crippen LogP contribution in [0.5, 0.6) is 0 Å². The minimum absolute atomic E-state index is 0.261. The quantitative estimate of drug-likeness (QED) is 0.829. The van der Waals surface area contributed by atoms with Crippen LogP contribution in [0.4, 0.5) is 10.1 Å². The van der Waals surface area contributed by atoms with Crippen LogP contribution >= 0.6 is 0 Å². The van der Waals surface area contributed by atoms with E-state index in [2.05, 4.69) is 10.6 Å². The van der Waals surface area contributed by atoms with Crippen molar-refractivity contribution < 1.29 is 14.0 Å². The average Bonchev–Trinajstić information content (AvgIpc) is 3.37. The van der Waals surface area contributed by atoms with Crippen molar-refractivity contribution in [3.05, 3.63) is 65.5 Å². The van der Waals surface area contributed by atoms with Gasteiger partial charge < -0.3 is 10.6 Å². The molecule has 0 radical (unpaired) electrons. The number of nitrogens with one attached hydrogen (secondary N) is 2. The maximum Gasteiger partial charge on any atom is 0.240 e. The minimum atomic E-state index is -1.00. The van der Waals surface area contributed by atoms with E-state index < -0.39 is 5.41 Å². The van der Waals surface area contributed by atoms with Gasteiger partial charge in [0.15, 0.2) is 0 Å². The Kier molecular flexibility index (Phi) is 4.34. The predicted molar refractivity (Wildman–Crippen MR) is 89.7 cm³/mol. The Morgan fingerprint density at radius 3 is 2.42 bits per heavy atom. The Morgan fingerprint density at radius 2 is 1.79 bits per heavy atom. The van der Waals surface area contributed by atoms with E-state index >= 15 is 0 Å². The SMILES string of the molecule is Cc1cccc(CNC(=O)C2(C(=O)Nc3ccc(F)cc3)CC2)c1. The maximum absolute atomic E-state index is 12.9. The van der Waals surface area contributed by atoms with Crippen molar-refractivity contribution in [2.75, 3.05) is 5.32 Å². The van der Waals surface area contributed by atoms with Crippen molar-refractivity contribution in [1.82, 2.24) is 5.32 Å². The molecule has 0 bridgehead atoms. The first kappa shape index (κ1) is 16.2. The Balaban J connectivity index is 1.61. The fraction of sp³-hybridized carbons (Fsp3) is 0.263. The normalized spacial score (nSPS) is 14.8. The first-order chi connectivity index (χ1) is 11.5. The highest BCUT2D eigenvalue weighted by molar-refractivity contribution is 6.13. The minimum Gasteiger partial charge on any atom is -0.351 e. The molecule has 3 rings (SSSR count). The molecule has 2 aromatic carbocycles. The Bertz CT molecular complexity index is 767. The summed E-state index contributed by atoms with van der Waals surface area (Å²) in [5.74, 6) is -0.968. The van der Waals surface area contributed by atoms with Gasteiger partial charge in [0.1, 0.15) is 11.2 Å². The number of hydrogen-bond acceptors (Lipinski definition) is 2. The summed E-state index contributed by atoms with van der Waals surface area (Å²) >= 11 is 0. The van der Waals surface area contributed by atoms with Gasteiger partial charge in [-0.3, -0.25) is 9.59 Å². The smallest absolute Gasteiger partial charge is 0.240 e. The molecule has 0 spiro atoms. The molecule has 24 heavy (non-hydrogen) atoms. The van der Waals surface area contributed by atoms with Gasteiger partial charge in [-0.15, -0.1) is 0 Å². The Hall–Kier alpha value is -2.69. The second-order valence-corrected chi connectivity index (χ2v) is 6.21. The van der Waals surface area contributed by atoms with E-state index in [4.69, 9.17) is 0 Å². The van der Waals surface area contributed by atoms with E-state index in [1.807, 2.05) is 31.2 Å². The molecule has 0 atom stereocenters. The highest BCUT2D eigenvalue weighted by atomic mass is 19.1. The molecule has 0 saturated heterocycles. The van der Waals surface area contributed by atoms with Crippen molar-refractivity contribution in [3.8, 4) is 0 Å². The van der Waals surface area contributed by atoms with Crippen LogP contribution in [0.3, 0.4) is 0 Å². The second-order valence-electron chi connectivity index (χ2n) is 6.21. The summed E-state index contributed by atoms with van der Waals surface area (Å²) in [5, 5.41) is 5.54. The van der Waals surface area contributed by atoms with Crippen molar-refractivity contribution in [3.63, 3.8) is 0 Å². The lowest BCUT2D eigenvalue weighted by molar-refractivity contribution is -0.134. The lowest BCUT2D eigenvalue weighted by atomic mass is 10.0. The van der Waals surface area contributed by atoms with E-state index in [1.54, 1.807) is 0 Å². The van der Waals surface area contributed by atoms with Crippen LogP contribution in [0.2, 0.25) is 0 Å². The molecule has 4 nitrogen and oxygen atoms in total. The summed E-state index contributed by atoms with van der Waals surface area (Å²) < 4.78 is 12.9. The Morgan fingerprint density at radius 1 is 1.08 bits per heavy atom. The average molecular weight is 326 g/mol. The molecule has 2 aromatic rings. The molecule has 2 N–H and O–H groups in total. The number of benzene rings is 2. The molecule has 0 aliphatic heterocycles. The number of carbonyl (C=O) groups excluding carboxylic acids is 2. The fourth-order valence-corrected chi connectivity index (χ4v) is 2.64. The zero-order valence-electron chi connectivity index (χ0n) is 13.4. The van der Waals surface area contributed by atoms with Crippen LogP contribution in [0.15, 0.2) is 48.5 Å². The molecular formula is C19H19FN2O2. The number of rotatable bonds is 5. The monoisotopic (exact) mass is 326 g/mol. The maximum atomic E-state index is 12.9. The van der Waals surface area contributed by atoms with Crippen molar-refractivity contribution in [2.45, 2.75) is 26.3 Å². The van der Waals surface area contributed by atoms with Crippen molar-refractivity contribution >= 4 is 17.5 Å². The summed E-state index contributed by atoms with van der Waals surface area (Å²) in [6, 6.07) is 13.4. The summed E-state index contributed by atoms with van der Waals surface area (Å²) in [6.07, 6.45) is 1.05. The van der Waals surface area contributed by atoms with Gasteiger partial charge in [-0.25, -0.2) is 4.39 Å². The molecule has 124 valence electrons. The predicted octanol–water partition coefficient (Wildman–Crippen LogP) is 3.17. The lowest BCUT2D eigenvalue weighted by Gasteiger charge is -2.15. The van der Waals surface area contributed by atoms with Gasteiger partial charge in [0.05, 0.1) is 0 Å². The number of hydrogen-bond donors (Lipinski definition) is 2. The summed E-state index contributed by atoms with van der Waals surface area (Å²) in [6.45, 7) is 2.38. The molecule has 1 fully saturated rings.